The number of nitro benzene ring substituents is 1. The zero-order chi connectivity index (χ0) is 17.6. The van der Waals surface area contributed by atoms with Gasteiger partial charge in [0.1, 0.15) is 6.61 Å². The molecule has 0 bridgehead atoms. The smallest absolute Gasteiger partial charge is 0.269 e. The first-order valence-corrected chi connectivity index (χ1v) is 8.53. The van der Waals surface area contributed by atoms with Crippen molar-refractivity contribution in [3.63, 3.8) is 0 Å². The molecule has 7 heteroatoms. The summed E-state index contributed by atoms with van der Waals surface area (Å²) < 4.78 is 3.17. The van der Waals surface area contributed by atoms with Gasteiger partial charge in [-0.05, 0) is 64.6 Å². The molecule has 0 radical (unpaired) electrons. The Labute approximate surface area is 158 Å². The molecule has 3 aromatic rings. The fourth-order valence-electron chi connectivity index (χ4n) is 2.30. The minimum Gasteiger partial charge on any atom is -0.391 e. The Kier molecular flexibility index (Phi) is 5.44. The fraction of sp³-hybridized carbons (Fsp3) is 0.0556. The van der Waals surface area contributed by atoms with Crippen molar-refractivity contribution >= 4 is 34.5 Å². The lowest BCUT2D eigenvalue weighted by Gasteiger charge is -2.06. The Hall–Kier alpha value is -2.68. The first-order chi connectivity index (χ1) is 12.1. The van der Waals surface area contributed by atoms with Crippen LogP contribution in [-0.2, 0) is 11.4 Å². The number of rotatable bonds is 6. The van der Waals surface area contributed by atoms with Gasteiger partial charge >= 0.3 is 0 Å². The predicted octanol–water partition coefficient (Wildman–Crippen LogP) is 4.54. The molecule has 0 spiro atoms. The van der Waals surface area contributed by atoms with Crippen LogP contribution < -0.4 is 0 Å². The van der Waals surface area contributed by atoms with E-state index in [1.807, 2.05) is 47.2 Å². The number of halogens is 1. The molecule has 25 heavy (non-hydrogen) atoms. The van der Waals surface area contributed by atoms with E-state index in [1.165, 1.54) is 15.7 Å². The Bertz CT molecular complexity index is 904. The maximum absolute atomic E-state index is 10.8. The normalized spacial score (nSPS) is 10.9. The SMILES string of the molecule is O=[N+]([O-])c1cccc(CO/N=C\c2cccn2-c2ccc(I)cc2)c1. The summed E-state index contributed by atoms with van der Waals surface area (Å²) in [5.41, 5.74) is 2.64. The van der Waals surface area contributed by atoms with Crippen molar-refractivity contribution in [1.82, 2.24) is 4.57 Å². The van der Waals surface area contributed by atoms with E-state index in [0.29, 0.717) is 5.56 Å². The second-order valence-corrected chi connectivity index (χ2v) is 6.46. The number of nitro groups is 1. The molecule has 0 fully saturated rings. The van der Waals surface area contributed by atoms with Crippen LogP contribution in [0.2, 0.25) is 0 Å². The predicted molar refractivity (Wildman–Crippen MR) is 104 cm³/mol. The van der Waals surface area contributed by atoms with Crippen LogP contribution in [0, 0.1) is 13.7 Å². The van der Waals surface area contributed by atoms with Crippen molar-refractivity contribution in [3.8, 4) is 5.69 Å². The van der Waals surface area contributed by atoms with Gasteiger partial charge in [0.15, 0.2) is 0 Å². The minimum atomic E-state index is -0.430. The van der Waals surface area contributed by atoms with Gasteiger partial charge in [0.25, 0.3) is 5.69 Å². The first-order valence-electron chi connectivity index (χ1n) is 7.45. The molecule has 0 aliphatic rings. The summed E-state index contributed by atoms with van der Waals surface area (Å²) in [6.07, 6.45) is 3.57. The van der Waals surface area contributed by atoms with Crippen LogP contribution in [0.15, 0.2) is 72.0 Å². The van der Waals surface area contributed by atoms with E-state index >= 15 is 0 Å². The highest BCUT2D eigenvalue weighted by atomic mass is 127. The second kappa shape index (κ2) is 7.93. The largest absolute Gasteiger partial charge is 0.391 e. The zero-order valence-corrected chi connectivity index (χ0v) is 15.2. The number of hydrogen-bond acceptors (Lipinski definition) is 4. The molecule has 0 aliphatic carbocycles. The molecule has 2 aromatic carbocycles. The third-order valence-corrected chi connectivity index (χ3v) is 4.22. The fourth-order valence-corrected chi connectivity index (χ4v) is 2.66. The van der Waals surface area contributed by atoms with Gasteiger partial charge in [-0.2, -0.15) is 0 Å². The van der Waals surface area contributed by atoms with Crippen LogP contribution in [0.5, 0.6) is 0 Å². The van der Waals surface area contributed by atoms with Crippen molar-refractivity contribution in [2.45, 2.75) is 6.61 Å². The van der Waals surface area contributed by atoms with Crippen molar-refractivity contribution in [2.75, 3.05) is 0 Å². The lowest BCUT2D eigenvalue weighted by atomic mass is 10.2. The van der Waals surface area contributed by atoms with Gasteiger partial charge in [-0.15, -0.1) is 0 Å². The highest BCUT2D eigenvalue weighted by Gasteiger charge is 2.05. The van der Waals surface area contributed by atoms with Crippen LogP contribution in [-0.4, -0.2) is 15.7 Å². The Morgan fingerprint density at radius 3 is 2.72 bits per heavy atom. The Morgan fingerprint density at radius 1 is 1.16 bits per heavy atom. The number of aromatic nitrogens is 1. The average Bonchev–Trinajstić information content (AvgIpc) is 3.08. The van der Waals surface area contributed by atoms with E-state index in [4.69, 9.17) is 4.84 Å². The molecule has 0 atom stereocenters. The maximum atomic E-state index is 10.8. The molecule has 0 amide bonds. The van der Waals surface area contributed by atoms with Gasteiger partial charge in [0.2, 0.25) is 0 Å². The van der Waals surface area contributed by atoms with E-state index in [2.05, 4.69) is 27.7 Å². The summed E-state index contributed by atoms with van der Waals surface area (Å²) in [6.45, 7) is 0.169. The van der Waals surface area contributed by atoms with Gasteiger partial charge in [0.05, 0.1) is 16.8 Å². The summed E-state index contributed by atoms with van der Waals surface area (Å²) in [4.78, 5) is 15.6. The average molecular weight is 447 g/mol. The van der Waals surface area contributed by atoms with E-state index in [9.17, 15) is 10.1 Å². The third kappa shape index (κ3) is 4.44. The standard InChI is InChI=1S/C18H14IN3O3/c19-15-6-8-16(9-7-15)21-10-2-5-18(21)12-20-25-13-14-3-1-4-17(11-14)22(23)24/h1-12H,13H2/b20-12-. The number of hydrogen-bond donors (Lipinski definition) is 0. The molecule has 0 aliphatic heterocycles. The summed E-state index contributed by atoms with van der Waals surface area (Å²) in [5.74, 6) is 0. The van der Waals surface area contributed by atoms with Crippen LogP contribution in [0.25, 0.3) is 5.69 Å². The van der Waals surface area contributed by atoms with E-state index in [-0.39, 0.29) is 12.3 Å². The third-order valence-electron chi connectivity index (χ3n) is 3.50. The monoisotopic (exact) mass is 447 g/mol. The van der Waals surface area contributed by atoms with Crippen molar-refractivity contribution in [1.29, 1.82) is 0 Å². The van der Waals surface area contributed by atoms with Crippen LogP contribution >= 0.6 is 22.6 Å². The van der Waals surface area contributed by atoms with Gasteiger partial charge in [-0.3, -0.25) is 10.1 Å². The zero-order valence-electron chi connectivity index (χ0n) is 13.1. The van der Waals surface area contributed by atoms with Gasteiger partial charge in [-0.25, -0.2) is 0 Å². The lowest BCUT2D eigenvalue weighted by Crippen LogP contribution is -1.98. The molecule has 0 saturated carbocycles. The van der Waals surface area contributed by atoms with Crippen LogP contribution in [0.1, 0.15) is 11.3 Å². The molecule has 3 rings (SSSR count). The minimum absolute atomic E-state index is 0.0395. The van der Waals surface area contributed by atoms with Gasteiger partial charge < -0.3 is 9.40 Å². The highest BCUT2D eigenvalue weighted by molar-refractivity contribution is 14.1. The molecular weight excluding hydrogens is 433 g/mol. The van der Waals surface area contributed by atoms with E-state index in [1.54, 1.807) is 18.3 Å². The molecule has 6 nitrogen and oxygen atoms in total. The summed E-state index contributed by atoms with van der Waals surface area (Å²) in [7, 11) is 0. The van der Waals surface area contributed by atoms with Crippen molar-refractivity contribution in [3.05, 3.63) is 91.8 Å². The molecule has 1 heterocycles. The quantitative estimate of drug-likeness (QED) is 0.241. The van der Waals surface area contributed by atoms with Crippen LogP contribution in [0.3, 0.4) is 0 Å². The molecular formula is C18H14IN3O3. The second-order valence-electron chi connectivity index (χ2n) is 5.21. The molecule has 0 unspecified atom stereocenters. The number of non-ortho nitro benzene ring substituents is 1. The van der Waals surface area contributed by atoms with Crippen LogP contribution in [0.4, 0.5) is 5.69 Å². The van der Waals surface area contributed by atoms with Crippen molar-refractivity contribution in [2.24, 2.45) is 5.16 Å². The lowest BCUT2D eigenvalue weighted by molar-refractivity contribution is -0.384. The van der Waals surface area contributed by atoms with E-state index < -0.39 is 4.92 Å². The molecule has 126 valence electrons. The summed E-state index contributed by atoms with van der Waals surface area (Å²) in [5, 5.41) is 14.7. The maximum Gasteiger partial charge on any atom is 0.269 e. The topological polar surface area (TPSA) is 69.7 Å². The first kappa shape index (κ1) is 17.2. The number of oxime groups is 1. The van der Waals surface area contributed by atoms with E-state index in [0.717, 1.165) is 11.4 Å². The number of nitrogens with zero attached hydrogens (tertiary/aromatic N) is 3. The molecule has 0 N–H and O–H groups in total. The Balaban J connectivity index is 1.66. The molecule has 1 aromatic heterocycles. The van der Waals surface area contributed by atoms with Gasteiger partial charge in [-0.1, -0.05) is 17.3 Å². The summed E-state index contributed by atoms with van der Waals surface area (Å²) in [6, 6.07) is 18.3. The highest BCUT2D eigenvalue weighted by Crippen LogP contribution is 2.15. The van der Waals surface area contributed by atoms with Crippen molar-refractivity contribution < 1.29 is 9.76 Å². The Morgan fingerprint density at radius 2 is 1.96 bits per heavy atom. The summed E-state index contributed by atoms with van der Waals surface area (Å²) >= 11 is 2.26. The molecule has 0 saturated heterocycles. The van der Waals surface area contributed by atoms with Gasteiger partial charge in [0, 0.05) is 27.6 Å². The number of benzene rings is 2.